The molecule has 1 fully saturated rings. The standard InChI is InChI=1S/C17H18N4O3.2ClH/c18-10-13-9-12(11-23-13)16(22)20-5-7-21(8-6-20)17-19-14-3-1-2-4-15(14)24-17;;/h1-4,9,11H,5-8,10,18H2;2*1H. The van der Waals surface area contributed by atoms with Crippen LogP contribution in [0.5, 0.6) is 0 Å². The summed E-state index contributed by atoms with van der Waals surface area (Å²) in [6.07, 6.45) is 1.47. The van der Waals surface area contributed by atoms with Gasteiger partial charge in [0.2, 0.25) is 0 Å². The molecule has 0 radical (unpaired) electrons. The van der Waals surface area contributed by atoms with E-state index in [-0.39, 0.29) is 30.7 Å². The Morgan fingerprint density at radius 2 is 1.88 bits per heavy atom. The minimum atomic E-state index is -0.0318. The molecule has 7 nitrogen and oxygen atoms in total. The number of oxazole rings is 1. The predicted octanol–water partition coefficient (Wildman–Crippen LogP) is 2.69. The predicted molar refractivity (Wildman–Crippen MR) is 103 cm³/mol. The molecular weight excluding hydrogens is 379 g/mol. The molecule has 0 aliphatic carbocycles. The topological polar surface area (TPSA) is 88.7 Å². The quantitative estimate of drug-likeness (QED) is 0.729. The average molecular weight is 399 g/mol. The largest absolute Gasteiger partial charge is 0.467 e. The number of benzene rings is 1. The zero-order valence-electron chi connectivity index (χ0n) is 14.0. The number of para-hydroxylation sites is 2. The summed E-state index contributed by atoms with van der Waals surface area (Å²) in [6, 6.07) is 10.0. The van der Waals surface area contributed by atoms with Gasteiger partial charge >= 0.3 is 0 Å². The Labute approximate surface area is 162 Å². The molecule has 26 heavy (non-hydrogen) atoms. The number of halogens is 2. The summed E-state index contributed by atoms with van der Waals surface area (Å²) in [5, 5.41) is 0. The molecule has 1 amide bonds. The smallest absolute Gasteiger partial charge is 0.298 e. The molecule has 1 aromatic carbocycles. The third-order valence-electron chi connectivity index (χ3n) is 4.22. The molecule has 3 heterocycles. The van der Waals surface area contributed by atoms with Crippen molar-refractivity contribution < 1.29 is 13.6 Å². The lowest BCUT2D eigenvalue weighted by Gasteiger charge is -2.33. The van der Waals surface area contributed by atoms with Gasteiger partial charge in [-0.05, 0) is 18.2 Å². The van der Waals surface area contributed by atoms with Crippen LogP contribution in [-0.2, 0) is 6.54 Å². The Morgan fingerprint density at radius 1 is 1.15 bits per heavy atom. The highest BCUT2D eigenvalue weighted by Gasteiger charge is 2.25. The van der Waals surface area contributed by atoms with Gasteiger partial charge in [0.15, 0.2) is 5.58 Å². The van der Waals surface area contributed by atoms with E-state index in [4.69, 9.17) is 14.6 Å². The minimum absolute atomic E-state index is 0. The summed E-state index contributed by atoms with van der Waals surface area (Å²) in [5.74, 6) is 0.583. The number of fused-ring (bicyclic) bond motifs is 1. The van der Waals surface area contributed by atoms with Gasteiger partial charge in [-0.2, -0.15) is 4.98 Å². The number of aromatic nitrogens is 1. The molecule has 0 unspecified atom stereocenters. The monoisotopic (exact) mass is 398 g/mol. The number of amides is 1. The van der Waals surface area contributed by atoms with Crippen molar-refractivity contribution in [2.75, 3.05) is 31.1 Å². The maximum absolute atomic E-state index is 12.5. The van der Waals surface area contributed by atoms with Gasteiger partial charge in [0.1, 0.15) is 17.5 Å². The number of hydrogen-bond donors (Lipinski definition) is 1. The van der Waals surface area contributed by atoms with Crippen molar-refractivity contribution in [2.45, 2.75) is 6.54 Å². The zero-order chi connectivity index (χ0) is 16.5. The van der Waals surface area contributed by atoms with Crippen LogP contribution in [-0.4, -0.2) is 42.0 Å². The van der Waals surface area contributed by atoms with Crippen LogP contribution in [0.25, 0.3) is 11.1 Å². The second-order valence-corrected chi connectivity index (χ2v) is 5.75. The molecule has 1 aliphatic rings. The summed E-state index contributed by atoms with van der Waals surface area (Å²) in [6.45, 7) is 2.88. The Bertz CT molecular complexity index is 839. The fourth-order valence-corrected chi connectivity index (χ4v) is 2.88. The number of rotatable bonds is 3. The van der Waals surface area contributed by atoms with Crippen LogP contribution in [0.15, 0.2) is 45.4 Å². The SMILES string of the molecule is Cl.Cl.NCc1cc(C(=O)N2CCN(c3nc4ccccc4o3)CC2)co1. The number of furan rings is 1. The van der Waals surface area contributed by atoms with Gasteiger partial charge in [0.05, 0.1) is 12.1 Å². The molecule has 0 saturated carbocycles. The molecule has 0 spiro atoms. The minimum Gasteiger partial charge on any atom is -0.467 e. The third-order valence-corrected chi connectivity index (χ3v) is 4.22. The number of carbonyl (C=O) groups is 1. The molecule has 4 rings (SSSR count). The number of nitrogens with two attached hydrogens (primary N) is 1. The summed E-state index contributed by atoms with van der Waals surface area (Å²) >= 11 is 0. The van der Waals surface area contributed by atoms with Crippen LogP contribution in [0.4, 0.5) is 6.01 Å². The first-order valence-electron chi connectivity index (χ1n) is 7.92. The van der Waals surface area contributed by atoms with E-state index in [9.17, 15) is 4.79 Å². The molecule has 1 saturated heterocycles. The molecule has 9 heteroatoms. The molecule has 0 atom stereocenters. The van der Waals surface area contributed by atoms with Crippen LogP contribution in [0.2, 0.25) is 0 Å². The summed E-state index contributed by atoms with van der Waals surface area (Å²) in [4.78, 5) is 20.9. The fourth-order valence-electron chi connectivity index (χ4n) is 2.88. The molecule has 140 valence electrons. The molecular formula is C17H20Cl2N4O3. The van der Waals surface area contributed by atoms with Crippen molar-refractivity contribution in [1.82, 2.24) is 9.88 Å². The number of carbonyl (C=O) groups excluding carboxylic acids is 1. The van der Waals surface area contributed by atoms with Gasteiger partial charge in [-0.3, -0.25) is 4.79 Å². The highest BCUT2D eigenvalue weighted by Crippen LogP contribution is 2.23. The van der Waals surface area contributed by atoms with E-state index < -0.39 is 0 Å². The van der Waals surface area contributed by atoms with Crippen molar-refractivity contribution in [3.63, 3.8) is 0 Å². The van der Waals surface area contributed by atoms with Gasteiger partial charge in [-0.15, -0.1) is 24.8 Å². The Hall–Kier alpha value is -2.22. The lowest BCUT2D eigenvalue weighted by atomic mass is 10.2. The van der Waals surface area contributed by atoms with Gasteiger partial charge in [0.25, 0.3) is 11.9 Å². The number of anilines is 1. The second-order valence-electron chi connectivity index (χ2n) is 5.75. The summed E-state index contributed by atoms with van der Waals surface area (Å²) in [5.41, 5.74) is 7.68. The van der Waals surface area contributed by atoms with E-state index in [2.05, 4.69) is 9.88 Å². The summed E-state index contributed by atoms with van der Waals surface area (Å²) < 4.78 is 11.0. The number of hydrogen-bond acceptors (Lipinski definition) is 6. The van der Waals surface area contributed by atoms with Crippen molar-refractivity contribution in [2.24, 2.45) is 5.73 Å². The maximum Gasteiger partial charge on any atom is 0.298 e. The molecule has 1 aliphatic heterocycles. The normalized spacial score (nSPS) is 14.0. The van der Waals surface area contributed by atoms with Crippen molar-refractivity contribution in [3.8, 4) is 0 Å². The maximum atomic E-state index is 12.5. The second kappa shape index (κ2) is 8.44. The van der Waals surface area contributed by atoms with Crippen molar-refractivity contribution >= 4 is 47.8 Å². The van der Waals surface area contributed by atoms with Crippen LogP contribution in [0, 0.1) is 0 Å². The van der Waals surface area contributed by atoms with Crippen LogP contribution in [0.1, 0.15) is 16.1 Å². The van der Waals surface area contributed by atoms with E-state index >= 15 is 0 Å². The lowest BCUT2D eigenvalue weighted by molar-refractivity contribution is 0.0744. The van der Waals surface area contributed by atoms with E-state index in [1.54, 1.807) is 6.07 Å². The average Bonchev–Trinajstić information content (AvgIpc) is 3.28. The zero-order valence-corrected chi connectivity index (χ0v) is 15.6. The van der Waals surface area contributed by atoms with Crippen LogP contribution in [0.3, 0.4) is 0 Å². The first-order valence-corrected chi connectivity index (χ1v) is 7.92. The van der Waals surface area contributed by atoms with Gasteiger partial charge in [-0.25, -0.2) is 0 Å². The number of nitrogens with zero attached hydrogens (tertiary/aromatic N) is 3. The van der Waals surface area contributed by atoms with Crippen LogP contribution >= 0.6 is 24.8 Å². The molecule has 2 N–H and O–H groups in total. The third kappa shape index (κ3) is 3.80. The highest BCUT2D eigenvalue weighted by atomic mass is 35.5. The Balaban J connectivity index is 0.00000121. The van der Waals surface area contributed by atoms with E-state index in [0.717, 1.165) is 11.1 Å². The Kier molecular flexibility index (Phi) is 6.52. The van der Waals surface area contributed by atoms with Crippen molar-refractivity contribution in [3.05, 3.63) is 47.9 Å². The number of piperazine rings is 1. The molecule has 3 aromatic rings. The van der Waals surface area contributed by atoms with E-state index in [1.165, 1.54) is 6.26 Å². The fraction of sp³-hybridized carbons (Fsp3) is 0.294. The van der Waals surface area contributed by atoms with Gasteiger partial charge in [0, 0.05) is 26.2 Å². The van der Waals surface area contributed by atoms with Crippen molar-refractivity contribution in [1.29, 1.82) is 0 Å². The first kappa shape index (κ1) is 20.1. The lowest BCUT2D eigenvalue weighted by Crippen LogP contribution is -2.48. The van der Waals surface area contributed by atoms with E-state index in [0.29, 0.717) is 50.1 Å². The summed E-state index contributed by atoms with van der Waals surface area (Å²) in [7, 11) is 0. The van der Waals surface area contributed by atoms with Gasteiger partial charge in [-0.1, -0.05) is 12.1 Å². The molecule has 0 bridgehead atoms. The van der Waals surface area contributed by atoms with Gasteiger partial charge < -0.3 is 24.4 Å². The molecule has 2 aromatic heterocycles. The van der Waals surface area contributed by atoms with E-state index in [1.807, 2.05) is 29.2 Å². The van der Waals surface area contributed by atoms with Crippen LogP contribution < -0.4 is 10.6 Å². The first-order chi connectivity index (χ1) is 11.7. The highest BCUT2D eigenvalue weighted by molar-refractivity contribution is 5.94. The Morgan fingerprint density at radius 3 is 2.54 bits per heavy atom.